The second kappa shape index (κ2) is 3.51. The highest BCUT2D eigenvalue weighted by Crippen LogP contribution is 2.05. The molecule has 1 aromatic carbocycles. The fourth-order valence-corrected chi connectivity index (χ4v) is 1.92. The summed E-state index contributed by atoms with van der Waals surface area (Å²) in [6, 6.07) is 10.3. The van der Waals surface area contributed by atoms with Crippen molar-refractivity contribution in [2.45, 2.75) is 0 Å². The normalized spacial score (nSPS) is 11.0. The summed E-state index contributed by atoms with van der Waals surface area (Å²) in [5.41, 5.74) is 1.04. The summed E-state index contributed by atoms with van der Waals surface area (Å²) in [5, 5.41) is 1.31. The van der Waals surface area contributed by atoms with Crippen molar-refractivity contribution < 1.29 is 0 Å². The number of hydrogen-bond donors (Lipinski definition) is 1. The molecule has 0 spiro atoms. The Bertz CT molecular complexity index is 329. The largest absolute Gasteiger partial charge is 0.345 e. The molecule has 2 aromatic rings. The summed E-state index contributed by atoms with van der Waals surface area (Å²) in [6.07, 6.45) is 3.64. The Balaban J connectivity index is 2.15. The van der Waals surface area contributed by atoms with Gasteiger partial charge in [-0.3, -0.25) is 0 Å². The van der Waals surface area contributed by atoms with Gasteiger partial charge in [-0.1, -0.05) is 30.3 Å². The first-order valence-electron chi connectivity index (χ1n) is 3.76. The number of nitrogens with zero attached hydrogens (tertiary/aromatic N) is 1. The summed E-state index contributed by atoms with van der Waals surface area (Å²) in [6.45, 7) is 0. The summed E-state index contributed by atoms with van der Waals surface area (Å²) >= 11 is 0. The third-order valence-electron chi connectivity index (χ3n) is 1.53. The van der Waals surface area contributed by atoms with E-state index < -0.39 is 0 Å². The molecule has 2 nitrogen and oxygen atoms in total. The van der Waals surface area contributed by atoms with Crippen molar-refractivity contribution in [1.82, 2.24) is 9.97 Å². The van der Waals surface area contributed by atoms with E-state index in [0.717, 1.165) is 5.57 Å². The second-order valence-electron chi connectivity index (χ2n) is 2.43. The van der Waals surface area contributed by atoms with Crippen LogP contribution in [0.25, 0.3) is 0 Å². The predicted molar refractivity (Wildman–Crippen MR) is 52.6 cm³/mol. The van der Waals surface area contributed by atoms with Gasteiger partial charge in [0.25, 0.3) is 0 Å². The number of H-pyrrole nitrogens is 1. The van der Waals surface area contributed by atoms with Crippen LogP contribution in [0.5, 0.6) is 0 Å². The standard InChI is InChI=1S/C9H9N2P/c1-2-4-8(5-3-1)12-9-10-6-7-11-9/h1-7,12H,(H,10,11). The van der Waals surface area contributed by atoms with E-state index in [1.807, 2.05) is 24.4 Å². The van der Waals surface area contributed by atoms with Gasteiger partial charge in [0.1, 0.15) is 5.57 Å². The topological polar surface area (TPSA) is 28.7 Å². The number of imidazole rings is 1. The van der Waals surface area contributed by atoms with Gasteiger partial charge < -0.3 is 4.98 Å². The molecule has 1 unspecified atom stereocenters. The molecule has 0 aliphatic heterocycles. The second-order valence-corrected chi connectivity index (χ2v) is 3.73. The minimum absolute atomic E-state index is 0.635. The van der Waals surface area contributed by atoms with Gasteiger partial charge in [-0.05, 0) is 13.9 Å². The van der Waals surface area contributed by atoms with Gasteiger partial charge in [0, 0.05) is 12.4 Å². The maximum absolute atomic E-state index is 4.17. The molecule has 0 amide bonds. The Hall–Kier alpha value is -1.14. The third-order valence-corrected chi connectivity index (χ3v) is 2.67. The lowest BCUT2D eigenvalue weighted by Crippen LogP contribution is -2.05. The molecule has 1 heterocycles. The van der Waals surface area contributed by atoms with Crippen LogP contribution < -0.4 is 10.9 Å². The Morgan fingerprint density at radius 3 is 2.67 bits per heavy atom. The van der Waals surface area contributed by atoms with Crippen molar-refractivity contribution in [2.75, 3.05) is 0 Å². The summed E-state index contributed by atoms with van der Waals surface area (Å²) in [4.78, 5) is 7.26. The number of aromatic amines is 1. The zero-order valence-electron chi connectivity index (χ0n) is 6.49. The Kier molecular flexibility index (Phi) is 2.19. The highest BCUT2D eigenvalue weighted by atomic mass is 31.1. The lowest BCUT2D eigenvalue weighted by molar-refractivity contribution is 1.41. The van der Waals surface area contributed by atoms with Crippen LogP contribution in [0.3, 0.4) is 0 Å². The first kappa shape index (κ1) is 7.51. The third kappa shape index (κ3) is 1.72. The van der Waals surface area contributed by atoms with Crippen LogP contribution in [0.1, 0.15) is 0 Å². The van der Waals surface area contributed by atoms with E-state index in [1.54, 1.807) is 6.20 Å². The molecule has 0 aliphatic carbocycles. The molecule has 3 heteroatoms. The van der Waals surface area contributed by atoms with Crippen LogP contribution in [-0.4, -0.2) is 9.97 Å². The highest BCUT2D eigenvalue weighted by molar-refractivity contribution is 7.54. The molecule has 12 heavy (non-hydrogen) atoms. The van der Waals surface area contributed by atoms with Gasteiger partial charge in [0.2, 0.25) is 0 Å². The number of nitrogens with one attached hydrogen (secondary N) is 1. The van der Waals surface area contributed by atoms with E-state index in [-0.39, 0.29) is 0 Å². The monoisotopic (exact) mass is 176 g/mol. The van der Waals surface area contributed by atoms with Gasteiger partial charge >= 0.3 is 0 Å². The lowest BCUT2D eigenvalue weighted by atomic mass is 10.4. The SMILES string of the molecule is c1ccc(Pc2ncc[nH]2)cc1. The van der Waals surface area contributed by atoms with Gasteiger partial charge in [-0.15, -0.1) is 0 Å². The van der Waals surface area contributed by atoms with Crippen LogP contribution in [0, 0.1) is 0 Å². The van der Waals surface area contributed by atoms with Crippen molar-refractivity contribution in [3.8, 4) is 0 Å². The predicted octanol–water partition coefficient (Wildman–Crippen LogP) is 1.04. The molecule has 0 fully saturated rings. The van der Waals surface area contributed by atoms with E-state index in [4.69, 9.17) is 0 Å². The van der Waals surface area contributed by atoms with E-state index in [0.29, 0.717) is 8.58 Å². The molecule has 60 valence electrons. The Morgan fingerprint density at radius 2 is 2.00 bits per heavy atom. The molecule has 0 saturated carbocycles. The molecule has 0 saturated heterocycles. The van der Waals surface area contributed by atoms with E-state index in [9.17, 15) is 0 Å². The molecule has 0 bridgehead atoms. The van der Waals surface area contributed by atoms with E-state index >= 15 is 0 Å². The summed E-state index contributed by atoms with van der Waals surface area (Å²) in [7, 11) is 0.635. The zero-order chi connectivity index (χ0) is 8.23. The summed E-state index contributed by atoms with van der Waals surface area (Å²) in [5.74, 6) is 0. The zero-order valence-corrected chi connectivity index (χ0v) is 7.49. The van der Waals surface area contributed by atoms with Gasteiger partial charge in [0.15, 0.2) is 0 Å². The van der Waals surface area contributed by atoms with Crippen LogP contribution in [0.2, 0.25) is 0 Å². The lowest BCUT2D eigenvalue weighted by Gasteiger charge is -1.95. The van der Waals surface area contributed by atoms with E-state index in [2.05, 4.69) is 22.1 Å². The molecule has 0 radical (unpaired) electrons. The molecule has 1 N–H and O–H groups in total. The van der Waals surface area contributed by atoms with Crippen LogP contribution >= 0.6 is 8.58 Å². The Labute approximate surface area is 72.8 Å². The van der Waals surface area contributed by atoms with Crippen molar-refractivity contribution in [2.24, 2.45) is 0 Å². The number of benzene rings is 1. The minimum Gasteiger partial charge on any atom is -0.345 e. The quantitative estimate of drug-likeness (QED) is 0.680. The number of rotatable bonds is 2. The maximum Gasteiger partial charge on any atom is 0.130 e. The van der Waals surface area contributed by atoms with Gasteiger partial charge in [0.05, 0.1) is 0 Å². The highest BCUT2D eigenvalue weighted by Gasteiger charge is 1.94. The van der Waals surface area contributed by atoms with Crippen molar-refractivity contribution >= 4 is 19.5 Å². The Morgan fingerprint density at radius 1 is 1.17 bits per heavy atom. The minimum atomic E-state index is 0.635. The average molecular weight is 176 g/mol. The first-order chi connectivity index (χ1) is 5.95. The van der Waals surface area contributed by atoms with Crippen LogP contribution in [-0.2, 0) is 0 Å². The van der Waals surface area contributed by atoms with Crippen molar-refractivity contribution in [3.05, 3.63) is 42.7 Å². The smallest absolute Gasteiger partial charge is 0.130 e. The van der Waals surface area contributed by atoms with E-state index in [1.165, 1.54) is 5.30 Å². The summed E-state index contributed by atoms with van der Waals surface area (Å²) < 4.78 is 0. The number of hydrogen-bond acceptors (Lipinski definition) is 1. The maximum atomic E-state index is 4.17. The van der Waals surface area contributed by atoms with Gasteiger partial charge in [-0.2, -0.15) is 0 Å². The van der Waals surface area contributed by atoms with Crippen molar-refractivity contribution in [1.29, 1.82) is 0 Å². The molecular formula is C9H9N2P. The molecule has 1 aromatic heterocycles. The molecule has 2 rings (SSSR count). The van der Waals surface area contributed by atoms with Crippen LogP contribution in [0.4, 0.5) is 0 Å². The molecule has 0 aliphatic rings. The number of aromatic nitrogens is 2. The fraction of sp³-hybridized carbons (Fsp3) is 0. The molecular weight excluding hydrogens is 167 g/mol. The van der Waals surface area contributed by atoms with Crippen LogP contribution in [0.15, 0.2) is 42.7 Å². The average Bonchev–Trinajstić information content (AvgIpc) is 2.59. The fourth-order valence-electron chi connectivity index (χ4n) is 0.992. The first-order valence-corrected chi connectivity index (χ1v) is 4.76. The van der Waals surface area contributed by atoms with Gasteiger partial charge in [-0.25, -0.2) is 4.98 Å². The molecule has 1 atom stereocenters. The van der Waals surface area contributed by atoms with Crippen molar-refractivity contribution in [3.63, 3.8) is 0 Å².